The van der Waals surface area contributed by atoms with E-state index in [9.17, 15) is 8.42 Å². The molecule has 5 heteroatoms. The molecule has 1 saturated carbocycles. The number of rotatable bonds is 0. The van der Waals surface area contributed by atoms with Crippen molar-refractivity contribution in [1.82, 2.24) is 0 Å². The monoisotopic (exact) mass is 246 g/mol. The van der Waals surface area contributed by atoms with Crippen LogP contribution in [0, 0.1) is 17.3 Å². The molecule has 1 fully saturated rings. The Kier molecular flexibility index (Phi) is 2.25. The van der Waals surface area contributed by atoms with Gasteiger partial charge in [0.15, 0.2) is 0 Å². The van der Waals surface area contributed by atoms with Crippen molar-refractivity contribution in [2.24, 2.45) is 17.3 Å². The maximum atomic E-state index is 11.6. The van der Waals surface area contributed by atoms with Crippen molar-refractivity contribution in [1.29, 1.82) is 0 Å². The molecule has 1 spiro atoms. The third-order valence-corrected chi connectivity index (χ3v) is 5.35. The molecule has 2 unspecified atom stereocenters. The molecule has 0 amide bonds. The predicted octanol–water partition coefficient (Wildman–Crippen LogP) is 2.23. The van der Waals surface area contributed by atoms with Gasteiger partial charge in [0.25, 0.3) is 0 Å². The maximum Gasteiger partial charge on any atom is 0.449 e. The summed E-state index contributed by atoms with van der Waals surface area (Å²) in [6, 6.07) is 0. The molecule has 0 N–H and O–H groups in total. The fraction of sp³-hybridized carbons (Fsp3) is 0.818. The number of hydrogen-bond donors (Lipinski definition) is 0. The van der Waals surface area contributed by atoms with Crippen LogP contribution in [0.3, 0.4) is 0 Å². The molecule has 2 aliphatic rings. The Hall–Kier alpha value is -0.550. The third kappa shape index (κ3) is 1.27. The lowest BCUT2D eigenvalue weighted by Gasteiger charge is -2.33. The second-order valence-electron chi connectivity index (χ2n) is 5.38. The van der Waals surface area contributed by atoms with Gasteiger partial charge in [-0.05, 0) is 24.3 Å². The summed E-state index contributed by atoms with van der Waals surface area (Å²) >= 11 is 0. The van der Waals surface area contributed by atoms with Gasteiger partial charge in [-0.25, -0.2) is 4.18 Å². The third-order valence-electron chi connectivity index (χ3n) is 4.54. The van der Waals surface area contributed by atoms with E-state index in [1.807, 2.05) is 34.6 Å². The number of hydrogen-bond acceptors (Lipinski definition) is 4. The Morgan fingerprint density at radius 1 is 1.25 bits per heavy atom. The van der Waals surface area contributed by atoms with Crippen LogP contribution in [0.1, 0.15) is 34.6 Å². The summed E-state index contributed by atoms with van der Waals surface area (Å²) in [5.74, 6) is 0.421. The fourth-order valence-corrected chi connectivity index (χ4v) is 4.06. The van der Waals surface area contributed by atoms with Crippen LogP contribution in [0.4, 0.5) is 0 Å². The quantitative estimate of drug-likeness (QED) is 0.657. The highest BCUT2D eigenvalue weighted by atomic mass is 32.3. The van der Waals surface area contributed by atoms with Crippen LogP contribution in [0.25, 0.3) is 0 Å². The summed E-state index contributed by atoms with van der Waals surface area (Å²) in [5, 5.41) is 0. The highest BCUT2D eigenvalue weighted by molar-refractivity contribution is 7.82. The van der Waals surface area contributed by atoms with Crippen LogP contribution in [-0.4, -0.2) is 14.0 Å². The van der Waals surface area contributed by atoms with Gasteiger partial charge in [-0.3, -0.25) is 0 Å². The summed E-state index contributed by atoms with van der Waals surface area (Å²) in [6.45, 7) is 9.91. The molecule has 1 aliphatic carbocycles. The van der Waals surface area contributed by atoms with E-state index in [2.05, 4.69) is 0 Å². The van der Waals surface area contributed by atoms with Gasteiger partial charge < -0.3 is 4.18 Å². The lowest BCUT2D eigenvalue weighted by atomic mass is 9.76. The average molecular weight is 246 g/mol. The first-order valence-electron chi connectivity index (χ1n) is 5.46. The van der Waals surface area contributed by atoms with E-state index in [0.29, 0.717) is 0 Å². The summed E-state index contributed by atoms with van der Waals surface area (Å²) in [7, 11) is -3.91. The van der Waals surface area contributed by atoms with Crippen molar-refractivity contribution in [3.05, 3.63) is 11.8 Å². The largest absolute Gasteiger partial charge is 0.449 e. The first kappa shape index (κ1) is 11.9. The Bertz CT molecular complexity index is 439. The molecule has 92 valence electrons. The molecule has 1 aliphatic heterocycles. The molecular formula is C11H18O4S. The lowest BCUT2D eigenvalue weighted by molar-refractivity contribution is 0.0519. The van der Waals surface area contributed by atoms with Gasteiger partial charge >= 0.3 is 10.4 Å². The van der Waals surface area contributed by atoms with Gasteiger partial charge in [-0.15, -0.1) is 0 Å². The van der Waals surface area contributed by atoms with Crippen LogP contribution < -0.4 is 0 Å². The molecule has 0 aromatic rings. The lowest BCUT2D eigenvalue weighted by Crippen LogP contribution is -2.38. The minimum atomic E-state index is -3.91. The zero-order valence-electron chi connectivity index (χ0n) is 10.3. The van der Waals surface area contributed by atoms with Crippen molar-refractivity contribution in [2.75, 3.05) is 0 Å². The van der Waals surface area contributed by atoms with Crippen molar-refractivity contribution in [2.45, 2.75) is 40.2 Å². The summed E-state index contributed by atoms with van der Waals surface area (Å²) in [4.78, 5) is 0. The minimum Gasteiger partial charge on any atom is -0.370 e. The Morgan fingerprint density at radius 3 is 2.19 bits per heavy atom. The fourth-order valence-electron chi connectivity index (χ4n) is 2.91. The zero-order valence-corrected chi connectivity index (χ0v) is 11.1. The van der Waals surface area contributed by atoms with E-state index in [1.165, 1.54) is 6.26 Å². The van der Waals surface area contributed by atoms with Gasteiger partial charge in [0.2, 0.25) is 0 Å². The smallest absolute Gasteiger partial charge is 0.370 e. The van der Waals surface area contributed by atoms with Gasteiger partial charge in [0.05, 0.1) is 0 Å². The molecule has 0 radical (unpaired) electrons. The van der Waals surface area contributed by atoms with E-state index >= 15 is 0 Å². The average Bonchev–Trinajstić information content (AvgIpc) is 2.68. The van der Waals surface area contributed by atoms with Gasteiger partial charge in [0.1, 0.15) is 11.9 Å². The molecule has 0 bridgehead atoms. The molecule has 0 saturated heterocycles. The first-order valence-corrected chi connectivity index (χ1v) is 6.79. The molecule has 2 atom stereocenters. The normalized spacial score (nSPS) is 44.4. The highest BCUT2D eigenvalue weighted by Gasteiger charge is 2.71. The zero-order chi connectivity index (χ0) is 12.4. The summed E-state index contributed by atoms with van der Waals surface area (Å²) in [5.41, 5.74) is -0.0945. The Balaban J connectivity index is 2.55. The van der Waals surface area contributed by atoms with Gasteiger partial charge in [-0.2, -0.15) is 8.42 Å². The van der Waals surface area contributed by atoms with E-state index in [4.69, 9.17) is 8.37 Å². The summed E-state index contributed by atoms with van der Waals surface area (Å²) < 4.78 is 33.1. The molecule has 4 nitrogen and oxygen atoms in total. The second-order valence-corrected chi connectivity index (χ2v) is 6.56. The van der Waals surface area contributed by atoms with Crippen LogP contribution in [0.2, 0.25) is 0 Å². The van der Waals surface area contributed by atoms with Crippen molar-refractivity contribution in [3.63, 3.8) is 0 Å². The van der Waals surface area contributed by atoms with Crippen molar-refractivity contribution < 1.29 is 16.8 Å². The SMILES string of the molecule is CC1=COS(=O)(=O)OC2(C(C)C2C)C1(C)C. The van der Waals surface area contributed by atoms with E-state index in [-0.39, 0.29) is 17.3 Å². The van der Waals surface area contributed by atoms with Gasteiger partial charge in [-0.1, -0.05) is 27.7 Å². The van der Waals surface area contributed by atoms with Crippen LogP contribution in [0.15, 0.2) is 11.8 Å². The molecule has 16 heavy (non-hydrogen) atoms. The molecule has 2 rings (SSSR count). The molecule has 0 aromatic carbocycles. The summed E-state index contributed by atoms with van der Waals surface area (Å²) in [6.07, 6.45) is 1.29. The van der Waals surface area contributed by atoms with Crippen LogP contribution in [0.5, 0.6) is 0 Å². The maximum absolute atomic E-state index is 11.6. The standard InChI is InChI=1S/C11H18O4S/c1-7-6-14-16(12,13)15-11(10(7,4)5)8(2)9(11)3/h6,8-9H,1-5H3. The van der Waals surface area contributed by atoms with Crippen LogP contribution in [-0.2, 0) is 18.8 Å². The Labute approximate surface area is 97.0 Å². The van der Waals surface area contributed by atoms with Gasteiger partial charge in [0, 0.05) is 5.41 Å². The van der Waals surface area contributed by atoms with Crippen molar-refractivity contribution >= 4 is 10.4 Å². The minimum absolute atomic E-state index is 0.210. The highest BCUT2D eigenvalue weighted by Crippen LogP contribution is 2.65. The van der Waals surface area contributed by atoms with E-state index in [0.717, 1.165) is 5.57 Å². The molecule has 0 aromatic heterocycles. The van der Waals surface area contributed by atoms with Crippen LogP contribution >= 0.6 is 0 Å². The van der Waals surface area contributed by atoms with E-state index in [1.54, 1.807) is 0 Å². The molecule has 1 heterocycles. The van der Waals surface area contributed by atoms with Crippen molar-refractivity contribution in [3.8, 4) is 0 Å². The predicted molar refractivity (Wildman–Crippen MR) is 59.7 cm³/mol. The Morgan fingerprint density at radius 2 is 1.75 bits per heavy atom. The van der Waals surface area contributed by atoms with E-state index < -0.39 is 16.0 Å². The topological polar surface area (TPSA) is 52.6 Å². The second kappa shape index (κ2) is 3.01. The first-order chi connectivity index (χ1) is 7.15. The molecular weight excluding hydrogens is 228 g/mol.